The van der Waals surface area contributed by atoms with E-state index in [2.05, 4.69) is 38.9 Å². The Balaban J connectivity index is 1.15. The molecule has 4 heterocycles. The number of likely N-dealkylation sites (N-methyl/N-ethyl adjacent to an activating group) is 1. The molecule has 4 saturated heterocycles. The van der Waals surface area contributed by atoms with Crippen molar-refractivity contribution < 1.29 is 19.1 Å². The Bertz CT molecular complexity index is 645. The van der Waals surface area contributed by atoms with Gasteiger partial charge in [0, 0.05) is 72.5 Å². The van der Waals surface area contributed by atoms with E-state index in [1.807, 2.05) is 7.05 Å². The summed E-state index contributed by atoms with van der Waals surface area (Å²) in [5.74, 6) is 0. The molecule has 4 aliphatic rings. The third kappa shape index (κ3) is 9.40. The van der Waals surface area contributed by atoms with Crippen molar-refractivity contribution in [1.29, 1.82) is 0 Å². The molecule has 10 nitrogen and oxygen atoms in total. The molecule has 0 saturated carbocycles. The van der Waals surface area contributed by atoms with E-state index in [0.717, 1.165) is 91.0 Å². The van der Waals surface area contributed by atoms with Crippen molar-refractivity contribution in [2.45, 2.75) is 51.1 Å². The molecule has 2 unspecified atom stereocenters. The summed E-state index contributed by atoms with van der Waals surface area (Å²) in [6.45, 7) is 14.0. The van der Waals surface area contributed by atoms with Gasteiger partial charge < -0.3 is 24.6 Å². The second-order valence-electron chi connectivity index (χ2n) is 10.4. The van der Waals surface area contributed by atoms with Crippen molar-refractivity contribution in [1.82, 2.24) is 29.8 Å². The molecule has 4 aliphatic heterocycles. The zero-order valence-electron chi connectivity index (χ0n) is 22.3. The summed E-state index contributed by atoms with van der Waals surface area (Å²) in [4.78, 5) is 35.6. The number of nitrogens with one attached hydrogen (secondary N) is 1. The quantitative estimate of drug-likeness (QED) is 0.383. The van der Waals surface area contributed by atoms with E-state index in [4.69, 9.17) is 9.47 Å². The van der Waals surface area contributed by atoms with Crippen LogP contribution in [0.5, 0.6) is 0 Å². The van der Waals surface area contributed by atoms with Crippen LogP contribution in [0.15, 0.2) is 0 Å². The van der Waals surface area contributed by atoms with Gasteiger partial charge in [0.15, 0.2) is 0 Å². The molecule has 2 bridgehead atoms. The van der Waals surface area contributed by atoms with Gasteiger partial charge in [-0.3, -0.25) is 14.7 Å². The summed E-state index contributed by atoms with van der Waals surface area (Å²) < 4.78 is 11.0. The van der Waals surface area contributed by atoms with Gasteiger partial charge >= 0.3 is 12.2 Å². The van der Waals surface area contributed by atoms with E-state index in [1.54, 1.807) is 4.90 Å². The third-order valence-corrected chi connectivity index (χ3v) is 7.60. The van der Waals surface area contributed by atoms with Crippen LogP contribution < -0.4 is 5.32 Å². The van der Waals surface area contributed by atoms with Crippen molar-refractivity contribution in [2.24, 2.45) is 0 Å². The fraction of sp³-hybridized carbons (Fsp3) is 0.920. The van der Waals surface area contributed by atoms with Crippen LogP contribution in [0.3, 0.4) is 0 Å². The van der Waals surface area contributed by atoms with Crippen LogP contribution in [-0.2, 0) is 9.47 Å². The first-order valence-corrected chi connectivity index (χ1v) is 13.6. The molecule has 202 valence electrons. The molecule has 4 rings (SSSR count). The summed E-state index contributed by atoms with van der Waals surface area (Å²) in [5, 5.41) is 2.87. The number of carbonyl (C=O) groups excluding carboxylic acids is 2. The minimum atomic E-state index is -0.326. The molecule has 0 aliphatic carbocycles. The van der Waals surface area contributed by atoms with E-state index in [9.17, 15) is 9.59 Å². The molecule has 0 aromatic rings. The molecule has 35 heavy (non-hydrogen) atoms. The lowest BCUT2D eigenvalue weighted by molar-refractivity contribution is -0.0185. The van der Waals surface area contributed by atoms with E-state index >= 15 is 0 Å². The SMILES string of the molecule is CCCN1CCN(C)C(COC(=O)NCCCCCCN(C)C(=O)OCC2CN3CCN2CC3)C1. The molecular weight excluding hydrogens is 448 g/mol. The highest BCUT2D eigenvalue weighted by atomic mass is 16.6. The third-order valence-electron chi connectivity index (χ3n) is 7.60. The number of unbranched alkanes of at least 4 members (excludes halogenated alkanes) is 3. The standard InChI is InChI=1S/C25H48N6O4/c1-4-10-29-13-12-27(2)22(18-29)20-34-24(32)26-9-7-5-6-8-11-28(3)25(33)35-21-23-19-30-14-16-31(23)17-15-30/h22-23H,4-21H2,1-3H3,(H,26,32). The molecule has 1 N–H and O–H groups in total. The molecule has 0 aromatic carbocycles. The molecule has 0 aromatic heterocycles. The van der Waals surface area contributed by atoms with Crippen LogP contribution in [0.4, 0.5) is 9.59 Å². The molecule has 4 fully saturated rings. The summed E-state index contributed by atoms with van der Waals surface area (Å²) in [6, 6.07) is 0.603. The number of fused-ring (bicyclic) bond motifs is 3. The smallest absolute Gasteiger partial charge is 0.409 e. The fourth-order valence-corrected chi connectivity index (χ4v) is 5.20. The van der Waals surface area contributed by atoms with Gasteiger partial charge in [-0.25, -0.2) is 9.59 Å². The van der Waals surface area contributed by atoms with Crippen molar-refractivity contribution >= 4 is 12.2 Å². The maximum Gasteiger partial charge on any atom is 0.409 e. The Morgan fingerprint density at radius 3 is 2.37 bits per heavy atom. The number of piperazine rings is 4. The molecule has 10 heteroatoms. The Kier molecular flexibility index (Phi) is 11.8. The Morgan fingerprint density at radius 2 is 1.66 bits per heavy atom. The molecular formula is C25H48N6O4. The monoisotopic (exact) mass is 496 g/mol. The van der Waals surface area contributed by atoms with Crippen LogP contribution in [0, 0.1) is 0 Å². The Morgan fingerprint density at radius 1 is 0.914 bits per heavy atom. The van der Waals surface area contributed by atoms with E-state index in [-0.39, 0.29) is 18.2 Å². The largest absolute Gasteiger partial charge is 0.448 e. The van der Waals surface area contributed by atoms with Crippen LogP contribution in [0.2, 0.25) is 0 Å². The lowest BCUT2D eigenvalue weighted by Crippen LogP contribution is -2.62. The first kappa shape index (κ1) is 28.0. The highest BCUT2D eigenvalue weighted by Crippen LogP contribution is 2.16. The Labute approximate surface area is 211 Å². The predicted octanol–water partition coefficient (Wildman–Crippen LogP) is 1.37. The van der Waals surface area contributed by atoms with Crippen molar-refractivity contribution in [3.05, 3.63) is 0 Å². The molecule has 0 radical (unpaired) electrons. The number of carbonyl (C=O) groups is 2. The topological polar surface area (TPSA) is 80.8 Å². The van der Waals surface area contributed by atoms with Crippen molar-refractivity contribution in [3.8, 4) is 0 Å². The van der Waals surface area contributed by atoms with Crippen molar-refractivity contribution in [3.63, 3.8) is 0 Å². The number of nitrogens with zero attached hydrogens (tertiary/aromatic N) is 5. The van der Waals surface area contributed by atoms with Crippen LogP contribution in [-0.4, -0.2) is 148 Å². The van der Waals surface area contributed by atoms with E-state index in [1.165, 1.54) is 0 Å². The van der Waals surface area contributed by atoms with E-state index in [0.29, 0.717) is 32.3 Å². The van der Waals surface area contributed by atoms with Crippen LogP contribution >= 0.6 is 0 Å². The first-order chi connectivity index (χ1) is 17.0. The highest BCUT2D eigenvalue weighted by molar-refractivity contribution is 5.67. The van der Waals surface area contributed by atoms with Gasteiger partial charge in [-0.05, 0) is 32.9 Å². The normalized spacial score (nSPS) is 26.9. The van der Waals surface area contributed by atoms with Crippen LogP contribution in [0.25, 0.3) is 0 Å². The number of hydrogen-bond donors (Lipinski definition) is 1. The molecule has 2 atom stereocenters. The highest BCUT2D eigenvalue weighted by Gasteiger charge is 2.32. The fourth-order valence-electron chi connectivity index (χ4n) is 5.20. The summed E-state index contributed by atoms with van der Waals surface area (Å²) in [7, 11) is 3.91. The van der Waals surface area contributed by atoms with Gasteiger partial charge in [0.2, 0.25) is 0 Å². The van der Waals surface area contributed by atoms with Gasteiger partial charge in [-0.1, -0.05) is 19.8 Å². The summed E-state index contributed by atoms with van der Waals surface area (Å²) >= 11 is 0. The lowest BCUT2D eigenvalue weighted by Gasteiger charge is -2.47. The average Bonchev–Trinajstić information content (AvgIpc) is 2.87. The molecule has 2 amide bonds. The maximum absolute atomic E-state index is 12.3. The summed E-state index contributed by atoms with van der Waals surface area (Å²) in [6.07, 6.45) is 4.46. The number of alkyl carbamates (subject to hydrolysis) is 1. The number of amides is 2. The minimum absolute atomic E-state index is 0.228. The number of rotatable bonds is 13. The van der Waals surface area contributed by atoms with E-state index < -0.39 is 0 Å². The van der Waals surface area contributed by atoms with Gasteiger partial charge in [0.25, 0.3) is 0 Å². The molecule has 0 spiro atoms. The Hall–Kier alpha value is -1.62. The maximum atomic E-state index is 12.3. The van der Waals surface area contributed by atoms with Gasteiger partial charge in [-0.2, -0.15) is 0 Å². The lowest BCUT2D eigenvalue weighted by atomic mass is 10.1. The van der Waals surface area contributed by atoms with Gasteiger partial charge in [-0.15, -0.1) is 0 Å². The number of hydrogen-bond acceptors (Lipinski definition) is 8. The number of ether oxygens (including phenoxy) is 2. The second kappa shape index (κ2) is 14.8. The predicted molar refractivity (Wildman–Crippen MR) is 137 cm³/mol. The summed E-state index contributed by atoms with van der Waals surface area (Å²) in [5.41, 5.74) is 0. The minimum Gasteiger partial charge on any atom is -0.448 e. The zero-order valence-corrected chi connectivity index (χ0v) is 22.3. The van der Waals surface area contributed by atoms with Crippen molar-refractivity contribution in [2.75, 3.05) is 99.3 Å². The van der Waals surface area contributed by atoms with Gasteiger partial charge in [0.1, 0.15) is 13.2 Å². The average molecular weight is 497 g/mol. The van der Waals surface area contributed by atoms with Crippen LogP contribution in [0.1, 0.15) is 39.0 Å². The first-order valence-electron chi connectivity index (χ1n) is 13.6. The van der Waals surface area contributed by atoms with Gasteiger partial charge in [0.05, 0.1) is 12.1 Å². The zero-order chi connectivity index (χ0) is 25.0. The second-order valence-corrected chi connectivity index (χ2v) is 10.4.